The number of aliphatic hydroxyl groups excluding tert-OH is 1. The van der Waals surface area contributed by atoms with Crippen LogP contribution in [-0.4, -0.2) is 37.4 Å². The normalized spacial score (nSPS) is 12.9. The smallest absolute Gasteiger partial charge is 0.220 e. The third-order valence-electron chi connectivity index (χ3n) is 2.16. The summed E-state index contributed by atoms with van der Waals surface area (Å²) in [5.41, 5.74) is 0. The molecule has 0 saturated carbocycles. The molecule has 0 heterocycles. The third kappa shape index (κ3) is 8.39. The number of nitrogens with one attached hydrogen (secondary N) is 1. The zero-order valence-electron chi connectivity index (χ0n) is 9.95. The second-order valence-electron chi connectivity index (χ2n) is 4.16. The zero-order chi connectivity index (χ0) is 11.7. The fraction of sp³-hybridized carbons (Fsp3) is 0.909. The minimum absolute atomic E-state index is 0.0409. The Balaban J connectivity index is 3.77. The van der Waals surface area contributed by atoms with Gasteiger partial charge in [-0.15, -0.1) is 0 Å². The van der Waals surface area contributed by atoms with Crippen LogP contribution in [0.15, 0.2) is 0 Å². The van der Waals surface area contributed by atoms with Crippen LogP contribution >= 0.6 is 0 Å². The van der Waals surface area contributed by atoms with Gasteiger partial charge in [-0.1, -0.05) is 13.8 Å². The lowest BCUT2D eigenvalue weighted by atomic mass is 10.1. The number of methoxy groups -OCH3 is 1. The van der Waals surface area contributed by atoms with Crippen molar-refractivity contribution in [2.75, 3.05) is 20.3 Å². The highest BCUT2D eigenvalue weighted by Gasteiger charge is 2.11. The standard InChI is InChI=1S/C11H23NO3/c1-9(2)4-5-11(14)12-10(6-7-13)8-15-3/h9-10,13H,4-8H2,1-3H3,(H,12,14). The molecule has 90 valence electrons. The molecule has 0 aromatic rings. The van der Waals surface area contributed by atoms with E-state index in [-0.39, 0.29) is 18.6 Å². The van der Waals surface area contributed by atoms with Crippen LogP contribution in [0, 0.1) is 5.92 Å². The summed E-state index contributed by atoms with van der Waals surface area (Å²) in [5, 5.41) is 11.6. The number of hydrogen-bond acceptors (Lipinski definition) is 3. The van der Waals surface area contributed by atoms with Gasteiger partial charge in [-0.25, -0.2) is 0 Å². The number of rotatable bonds is 8. The van der Waals surface area contributed by atoms with Crippen LogP contribution in [0.5, 0.6) is 0 Å². The van der Waals surface area contributed by atoms with Crippen LogP contribution in [0.3, 0.4) is 0 Å². The molecule has 0 aromatic carbocycles. The van der Waals surface area contributed by atoms with Crippen LogP contribution in [0.4, 0.5) is 0 Å². The van der Waals surface area contributed by atoms with Gasteiger partial charge in [0.15, 0.2) is 0 Å². The van der Waals surface area contributed by atoms with Crippen LogP contribution in [0.2, 0.25) is 0 Å². The van der Waals surface area contributed by atoms with Gasteiger partial charge in [0, 0.05) is 20.1 Å². The Morgan fingerprint density at radius 1 is 1.40 bits per heavy atom. The summed E-state index contributed by atoms with van der Waals surface area (Å²) in [6.07, 6.45) is 1.98. The molecule has 0 spiro atoms. The van der Waals surface area contributed by atoms with E-state index in [9.17, 15) is 4.79 Å². The van der Waals surface area contributed by atoms with E-state index >= 15 is 0 Å². The molecular formula is C11H23NO3. The second kappa shape index (κ2) is 8.68. The molecule has 2 N–H and O–H groups in total. The number of carbonyl (C=O) groups excluding carboxylic acids is 1. The number of amides is 1. The first kappa shape index (κ1) is 14.4. The van der Waals surface area contributed by atoms with E-state index < -0.39 is 0 Å². The number of carbonyl (C=O) groups is 1. The van der Waals surface area contributed by atoms with Gasteiger partial charge in [0.1, 0.15) is 0 Å². The maximum absolute atomic E-state index is 11.5. The van der Waals surface area contributed by atoms with Gasteiger partial charge in [-0.2, -0.15) is 0 Å². The van der Waals surface area contributed by atoms with E-state index in [4.69, 9.17) is 9.84 Å². The highest BCUT2D eigenvalue weighted by Crippen LogP contribution is 2.03. The van der Waals surface area contributed by atoms with E-state index in [0.717, 1.165) is 6.42 Å². The van der Waals surface area contributed by atoms with Crippen LogP contribution in [0.1, 0.15) is 33.1 Å². The van der Waals surface area contributed by atoms with E-state index in [0.29, 0.717) is 25.4 Å². The Morgan fingerprint density at radius 3 is 2.53 bits per heavy atom. The highest BCUT2D eigenvalue weighted by atomic mass is 16.5. The molecule has 0 aliphatic heterocycles. The number of ether oxygens (including phenoxy) is 1. The fourth-order valence-electron chi connectivity index (χ4n) is 1.27. The lowest BCUT2D eigenvalue weighted by Gasteiger charge is -2.17. The summed E-state index contributed by atoms with van der Waals surface area (Å²) >= 11 is 0. The van der Waals surface area contributed by atoms with E-state index in [1.54, 1.807) is 7.11 Å². The van der Waals surface area contributed by atoms with Gasteiger partial charge < -0.3 is 15.2 Å². The molecule has 1 amide bonds. The van der Waals surface area contributed by atoms with E-state index in [1.807, 2.05) is 0 Å². The molecule has 0 bridgehead atoms. The predicted octanol–water partition coefficient (Wildman–Crippen LogP) is 0.936. The molecule has 0 radical (unpaired) electrons. The van der Waals surface area contributed by atoms with Gasteiger partial charge >= 0.3 is 0 Å². The van der Waals surface area contributed by atoms with Crippen molar-refractivity contribution >= 4 is 5.91 Å². The van der Waals surface area contributed by atoms with Crippen molar-refractivity contribution in [3.8, 4) is 0 Å². The topological polar surface area (TPSA) is 58.6 Å². The number of hydrogen-bond donors (Lipinski definition) is 2. The summed E-state index contributed by atoms with van der Waals surface area (Å²) < 4.78 is 4.96. The largest absolute Gasteiger partial charge is 0.396 e. The molecule has 4 nitrogen and oxygen atoms in total. The summed E-state index contributed by atoms with van der Waals surface area (Å²) in [4.78, 5) is 11.5. The zero-order valence-corrected chi connectivity index (χ0v) is 9.95. The molecule has 0 fully saturated rings. The maximum atomic E-state index is 11.5. The molecule has 1 unspecified atom stereocenters. The SMILES string of the molecule is COCC(CCO)NC(=O)CCC(C)C. The van der Waals surface area contributed by atoms with Crippen LogP contribution in [-0.2, 0) is 9.53 Å². The first-order chi connectivity index (χ1) is 7.10. The molecule has 4 heteroatoms. The van der Waals surface area contributed by atoms with Crippen LogP contribution in [0.25, 0.3) is 0 Å². The van der Waals surface area contributed by atoms with Gasteiger partial charge in [0.25, 0.3) is 0 Å². The number of aliphatic hydroxyl groups is 1. The lowest BCUT2D eigenvalue weighted by Crippen LogP contribution is -2.38. The molecule has 0 aliphatic carbocycles. The average molecular weight is 217 g/mol. The van der Waals surface area contributed by atoms with Gasteiger partial charge in [0.05, 0.1) is 12.6 Å². The maximum Gasteiger partial charge on any atom is 0.220 e. The van der Waals surface area contributed by atoms with Crippen LogP contribution < -0.4 is 5.32 Å². The van der Waals surface area contributed by atoms with Crippen molar-refractivity contribution in [1.29, 1.82) is 0 Å². The van der Waals surface area contributed by atoms with Gasteiger partial charge in [-0.3, -0.25) is 4.79 Å². The molecule has 0 saturated heterocycles. The molecule has 0 rings (SSSR count). The lowest BCUT2D eigenvalue weighted by molar-refractivity contribution is -0.122. The quantitative estimate of drug-likeness (QED) is 0.636. The summed E-state index contributed by atoms with van der Waals surface area (Å²) in [6.45, 7) is 4.70. The highest BCUT2D eigenvalue weighted by molar-refractivity contribution is 5.76. The Kier molecular flexibility index (Phi) is 8.33. The Morgan fingerprint density at radius 2 is 2.07 bits per heavy atom. The molecule has 0 aliphatic rings. The van der Waals surface area contributed by atoms with Crippen molar-refractivity contribution in [3.63, 3.8) is 0 Å². The van der Waals surface area contributed by atoms with Crippen molar-refractivity contribution in [1.82, 2.24) is 5.32 Å². The van der Waals surface area contributed by atoms with Crippen molar-refractivity contribution in [3.05, 3.63) is 0 Å². The average Bonchev–Trinajstić information content (AvgIpc) is 2.15. The minimum Gasteiger partial charge on any atom is -0.396 e. The Labute approximate surface area is 92.0 Å². The molecule has 0 aromatic heterocycles. The fourth-order valence-corrected chi connectivity index (χ4v) is 1.27. The second-order valence-corrected chi connectivity index (χ2v) is 4.16. The van der Waals surface area contributed by atoms with Crippen molar-refractivity contribution in [2.45, 2.75) is 39.2 Å². The van der Waals surface area contributed by atoms with Crippen molar-refractivity contribution in [2.24, 2.45) is 5.92 Å². The van der Waals surface area contributed by atoms with Crippen molar-refractivity contribution < 1.29 is 14.6 Å². The third-order valence-corrected chi connectivity index (χ3v) is 2.16. The summed E-state index contributed by atoms with van der Waals surface area (Å²) in [6, 6.07) is -0.0698. The van der Waals surface area contributed by atoms with Gasteiger partial charge in [-0.05, 0) is 18.8 Å². The van der Waals surface area contributed by atoms with Gasteiger partial charge in [0.2, 0.25) is 5.91 Å². The molecule has 15 heavy (non-hydrogen) atoms. The Bertz CT molecular complexity index is 165. The molecular weight excluding hydrogens is 194 g/mol. The summed E-state index contributed by atoms with van der Waals surface area (Å²) in [5.74, 6) is 0.577. The van der Waals surface area contributed by atoms with E-state index in [1.165, 1.54) is 0 Å². The monoisotopic (exact) mass is 217 g/mol. The minimum atomic E-state index is -0.0698. The Hall–Kier alpha value is -0.610. The summed E-state index contributed by atoms with van der Waals surface area (Å²) in [7, 11) is 1.59. The first-order valence-corrected chi connectivity index (χ1v) is 5.49. The predicted molar refractivity (Wildman–Crippen MR) is 59.6 cm³/mol. The van der Waals surface area contributed by atoms with E-state index in [2.05, 4.69) is 19.2 Å². The first-order valence-electron chi connectivity index (χ1n) is 5.49. The molecule has 1 atom stereocenters.